The molecule has 2 N–H and O–H groups in total. The lowest BCUT2D eigenvalue weighted by Crippen LogP contribution is -2.32. The topological polar surface area (TPSA) is 84.5 Å². The standard InChI is InChI=1S/C17H28N2O4S/c1-4-6-7-12-18-17(20)13-23-15-8-10-16(11-9-15)24(21,22)19-14(3)5-2/h8-11,14,19H,4-7,12-13H2,1-3H3,(H,18,20)/t14-/m1/s1. The number of carbonyl (C=O) groups excluding carboxylic acids is 1. The van der Waals surface area contributed by atoms with E-state index in [1.54, 1.807) is 12.1 Å². The van der Waals surface area contributed by atoms with Gasteiger partial charge in [-0.15, -0.1) is 0 Å². The van der Waals surface area contributed by atoms with E-state index in [-0.39, 0.29) is 23.5 Å². The molecule has 0 aliphatic rings. The molecule has 0 saturated heterocycles. The lowest BCUT2D eigenvalue weighted by atomic mass is 10.2. The van der Waals surface area contributed by atoms with Gasteiger partial charge in [-0.3, -0.25) is 4.79 Å². The molecular weight excluding hydrogens is 328 g/mol. The third-order valence-corrected chi connectivity index (χ3v) is 5.18. The van der Waals surface area contributed by atoms with Crippen LogP contribution in [0.5, 0.6) is 5.75 Å². The van der Waals surface area contributed by atoms with Gasteiger partial charge in [0.2, 0.25) is 10.0 Å². The Kier molecular flexibility index (Phi) is 8.78. The minimum absolute atomic E-state index is 0.0800. The van der Waals surface area contributed by atoms with Crippen molar-refractivity contribution in [2.45, 2.75) is 57.4 Å². The molecule has 0 aliphatic heterocycles. The zero-order valence-corrected chi connectivity index (χ0v) is 15.5. The van der Waals surface area contributed by atoms with Gasteiger partial charge in [-0.2, -0.15) is 0 Å². The van der Waals surface area contributed by atoms with Crippen molar-refractivity contribution >= 4 is 15.9 Å². The fourth-order valence-electron chi connectivity index (χ4n) is 1.93. The van der Waals surface area contributed by atoms with Crippen LogP contribution in [0.2, 0.25) is 0 Å². The molecule has 1 rings (SSSR count). The number of carbonyl (C=O) groups is 1. The molecule has 0 spiro atoms. The Hall–Kier alpha value is -1.60. The Morgan fingerprint density at radius 1 is 1.17 bits per heavy atom. The second-order valence-electron chi connectivity index (χ2n) is 5.75. The summed E-state index contributed by atoms with van der Waals surface area (Å²) in [4.78, 5) is 11.8. The van der Waals surface area contributed by atoms with Gasteiger partial charge in [-0.25, -0.2) is 13.1 Å². The maximum absolute atomic E-state index is 12.1. The Bertz CT molecular complexity index is 600. The first-order chi connectivity index (χ1) is 11.4. The molecule has 0 fully saturated rings. The number of rotatable bonds is 11. The van der Waals surface area contributed by atoms with Gasteiger partial charge >= 0.3 is 0 Å². The lowest BCUT2D eigenvalue weighted by Gasteiger charge is -2.12. The number of amides is 1. The molecule has 136 valence electrons. The predicted molar refractivity (Wildman–Crippen MR) is 94.5 cm³/mol. The molecule has 0 aliphatic carbocycles. The van der Waals surface area contributed by atoms with Gasteiger partial charge < -0.3 is 10.1 Å². The first kappa shape index (κ1) is 20.4. The zero-order valence-electron chi connectivity index (χ0n) is 14.7. The highest BCUT2D eigenvalue weighted by Crippen LogP contribution is 2.16. The van der Waals surface area contributed by atoms with Crippen LogP contribution in [-0.4, -0.2) is 33.5 Å². The van der Waals surface area contributed by atoms with Crippen LogP contribution >= 0.6 is 0 Å². The second-order valence-corrected chi connectivity index (χ2v) is 7.46. The first-order valence-electron chi connectivity index (χ1n) is 8.41. The van der Waals surface area contributed by atoms with E-state index in [1.807, 2.05) is 13.8 Å². The molecule has 24 heavy (non-hydrogen) atoms. The van der Waals surface area contributed by atoms with Crippen LogP contribution in [0.3, 0.4) is 0 Å². The third kappa shape index (κ3) is 7.31. The minimum atomic E-state index is -3.52. The molecule has 1 amide bonds. The predicted octanol–water partition coefficient (Wildman–Crippen LogP) is 2.45. The Morgan fingerprint density at radius 3 is 2.42 bits per heavy atom. The number of ether oxygens (including phenoxy) is 1. The van der Waals surface area contributed by atoms with Crippen molar-refractivity contribution in [2.75, 3.05) is 13.2 Å². The van der Waals surface area contributed by atoms with Crippen molar-refractivity contribution in [3.05, 3.63) is 24.3 Å². The summed E-state index contributed by atoms with van der Waals surface area (Å²) < 4.78 is 32.2. The lowest BCUT2D eigenvalue weighted by molar-refractivity contribution is -0.123. The van der Waals surface area contributed by atoms with Gasteiger partial charge in [0.1, 0.15) is 5.75 Å². The molecule has 0 bridgehead atoms. The maximum atomic E-state index is 12.1. The van der Waals surface area contributed by atoms with Crippen molar-refractivity contribution in [3.63, 3.8) is 0 Å². The van der Waals surface area contributed by atoms with Gasteiger partial charge in [0.15, 0.2) is 6.61 Å². The first-order valence-corrected chi connectivity index (χ1v) is 9.89. The quantitative estimate of drug-likeness (QED) is 0.597. The molecule has 1 aromatic carbocycles. The average molecular weight is 356 g/mol. The van der Waals surface area contributed by atoms with Gasteiger partial charge in [0.25, 0.3) is 5.91 Å². The molecule has 0 unspecified atom stereocenters. The summed E-state index contributed by atoms with van der Waals surface area (Å²) in [6.45, 7) is 6.40. The highest BCUT2D eigenvalue weighted by molar-refractivity contribution is 7.89. The van der Waals surface area contributed by atoms with Crippen LogP contribution in [0.4, 0.5) is 0 Å². The van der Waals surface area contributed by atoms with Gasteiger partial charge in [-0.1, -0.05) is 26.7 Å². The van der Waals surface area contributed by atoms with Crippen molar-refractivity contribution in [1.29, 1.82) is 0 Å². The number of hydrogen-bond acceptors (Lipinski definition) is 4. The Labute approximate surface area is 145 Å². The van der Waals surface area contributed by atoms with E-state index in [2.05, 4.69) is 17.0 Å². The maximum Gasteiger partial charge on any atom is 0.257 e. The average Bonchev–Trinajstić information content (AvgIpc) is 2.56. The Balaban J connectivity index is 2.49. The van der Waals surface area contributed by atoms with Crippen LogP contribution < -0.4 is 14.8 Å². The van der Waals surface area contributed by atoms with Crippen LogP contribution in [0.1, 0.15) is 46.5 Å². The van der Waals surface area contributed by atoms with Gasteiger partial charge in [0, 0.05) is 12.6 Å². The SMILES string of the molecule is CCCCCNC(=O)COc1ccc(S(=O)(=O)N[C@H](C)CC)cc1. The molecule has 6 nitrogen and oxygen atoms in total. The number of benzene rings is 1. The van der Waals surface area contributed by atoms with Gasteiger partial charge in [-0.05, 0) is 44.0 Å². The van der Waals surface area contributed by atoms with Crippen LogP contribution in [0.15, 0.2) is 29.2 Å². The smallest absolute Gasteiger partial charge is 0.257 e. The molecular formula is C17H28N2O4S. The van der Waals surface area contributed by atoms with E-state index < -0.39 is 10.0 Å². The highest BCUT2D eigenvalue weighted by Gasteiger charge is 2.16. The van der Waals surface area contributed by atoms with Crippen LogP contribution in [-0.2, 0) is 14.8 Å². The fraction of sp³-hybridized carbons (Fsp3) is 0.588. The molecule has 0 saturated carbocycles. The number of unbranched alkanes of at least 4 members (excludes halogenated alkanes) is 2. The summed E-state index contributed by atoms with van der Waals surface area (Å²) in [5, 5.41) is 2.78. The summed E-state index contributed by atoms with van der Waals surface area (Å²) >= 11 is 0. The Morgan fingerprint density at radius 2 is 1.83 bits per heavy atom. The van der Waals surface area contributed by atoms with Crippen LogP contribution in [0.25, 0.3) is 0 Å². The largest absolute Gasteiger partial charge is 0.484 e. The second kappa shape index (κ2) is 10.3. The number of sulfonamides is 1. The summed E-state index contributed by atoms with van der Waals surface area (Å²) in [6.07, 6.45) is 3.86. The molecule has 1 atom stereocenters. The van der Waals surface area contributed by atoms with E-state index in [4.69, 9.17) is 4.74 Å². The summed E-state index contributed by atoms with van der Waals surface area (Å²) in [5.41, 5.74) is 0. The fourth-order valence-corrected chi connectivity index (χ4v) is 3.26. The van der Waals surface area contributed by atoms with Crippen molar-refractivity contribution in [3.8, 4) is 5.75 Å². The summed E-state index contributed by atoms with van der Waals surface area (Å²) in [7, 11) is -3.52. The minimum Gasteiger partial charge on any atom is -0.484 e. The molecule has 7 heteroatoms. The molecule has 1 aromatic rings. The van der Waals surface area contributed by atoms with E-state index in [9.17, 15) is 13.2 Å². The summed E-state index contributed by atoms with van der Waals surface area (Å²) in [5.74, 6) is 0.280. The third-order valence-electron chi connectivity index (χ3n) is 3.58. The summed E-state index contributed by atoms with van der Waals surface area (Å²) in [6, 6.07) is 5.92. The molecule has 0 radical (unpaired) electrons. The van der Waals surface area contributed by atoms with E-state index in [1.165, 1.54) is 12.1 Å². The monoisotopic (exact) mass is 356 g/mol. The van der Waals surface area contributed by atoms with Crippen molar-refractivity contribution in [1.82, 2.24) is 10.0 Å². The van der Waals surface area contributed by atoms with Crippen molar-refractivity contribution in [2.24, 2.45) is 0 Å². The highest BCUT2D eigenvalue weighted by atomic mass is 32.2. The van der Waals surface area contributed by atoms with E-state index >= 15 is 0 Å². The normalized spacial score (nSPS) is 12.6. The van der Waals surface area contributed by atoms with Gasteiger partial charge in [0.05, 0.1) is 4.90 Å². The zero-order chi connectivity index (χ0) is 18.0. The molecule has 0 heterocycles. The van der Waals surface area contributed by atoms with Crippen molar-refractivity contribution < 1.29 is 17.9 Å². The molecule has 0 aromatic heterocycles. The number of nitrogens with one attached hydrogen (secondary N) is 2. The number of hydrogen-bond donors (Lipinski definition) is 2. The van der Waals surface area contributed by atoms with E-state index in [0.29, 0.717) is 18.7 Å². The van der Waals surface area contributed by atoms with Crippen LogP contribution in [0, 0.1) is 0 Å². The van der Waals surface area contributed by atoms with E-state index in [0.717, 1.165) is 19.3 Å².